The van der Waals surface area contributed by atoms with Crippen LogP contribution in [0.15, 0.2) is 17.2 Å². The number of nitrogens with zero attached hydrogens (tertiary/aromatic N) is 3. The number of carboxylic acids is 1. The molecule has 0 unspecified atom stereocenters. The van der Waals surface area contributed by atoms with E-state index in [1.807, 2.05) is 0 Å². The first-order chi connectivity index (χ1) is 6.57. The summed E-state index contributed by atoms with van der Waals surface area (Å²) >= 11 is 5.50. The molecule has 0 amide bonds. The average Bonchev–Trinajstić information content (AvgIpc) is 2.11. The Labute approximate surface area is 82.4 Å². The number of carbonyl (C=O) groups is 1. The largest absolute Gasteiger partial charge is 0.478 e. The fraction of sp³-hybridized carbons (Fsp3) is 0. The topological polar surface area (TPSA) is 86.1 Å². The summed E-state index contributed by atoms with van der Waals surface area (Å²) in [6, 6.07) is 2.01. The zero-order valence-electron chi connectivity index (χ0n) is 6.61. The molecule has 0 aliphatic rings. The maximum absolute atomic E-state index is 13.0. The van der Waals surface area contributed by atoms with Gasteiger partial charge in [0.15, 0.2) is 0 Å². The van der Waals surface area contributed by atoms with Crippen LogP contribution in [-0.2, 0) is 0 Å². The van der Waals surface area contributed by atoms with Gasteiger partial charge in [0.05, 0.1) is 16.3 Å². The van der Waals surface area contributed by atoms with Gasteiger partial charge >= 0.3 is 5.97 Å². The summed E-state index contributed by atoms with van der Waals surface area (Å²) in [5.41, 5.74) is 6.96. The van der Waals surface area contributed by atoms with Crippen LogP contribution in [0.3, 0.4) is 0 Å². The van der Waals surface area contributed by atoms with Crippen molar-refractivity contribution in [1.29, 1.82) is 0 Å². The Balaban J connectivity index is 3.57. The van der Waals surface area contributed by atoms with Crippen LogP contribution in [0.1, 0.15) is 10.4 Å². The smallest absolute Gasteiger partial charge is 0.337 e. The molecule has 0 saturated carbocycles. The van der Waals surface area contributed by atoms with Gasteiger partial charge in [-0.3, -0.25) is 0 Å². The molecular weight excluding hydrogens is 213 g/mol. The molecule has 72 valence electrons. The summed E-state index contributed by atoms with van der Waals surface area (Å²) in [4.78, 5) is 12.9. The number of azide groups is 1. The summed E-state index contributed by atoms with van der Waals surface area (Å²) in [5.74, 6) is -2.37. The summed E-state index contributed by atoms with van der Waals surface area (Å²) in [6.07, 6.45) is 0. The van der Waals surface area contributed by atoms with Crippen molar-refractivity contribution in [3.8, 4) is 0 Å². The molecule has 1 rings (SSSR count). The summed E-state index contributed by atoms with van der Waals surface area (Å²) < 4.78 is 13.0. The molecule has 1 aromatic rings. The normalized spacial score (nSPS) is 9.29. The van der Waals surface area contributed by atoms with E-state index in [0.29, 0.717) is 0 Å². The maximum Gasteiger partial charge on any atom is 0.337 e. The van der Waals surface area contributed by atoms with E-state index in [1.165, 1.54) is 0 Å². The lowest BCUT2D eigenvalue weighted by atomic mass is 10.2. The summed E-state index contributed by atoms with van der Waals surface area (Å²) in [7, 11) is 0. The molecule has 5 nitrogen and oxygen atoms in total. The Hall–Kier alpha value is -1.78. The van der Waals surface area contributed by atoms with E-state index in [9.17, 15) is 9.18 Å². The van der Waals surface area contributed by atoms with Gasteiger partial charge in [-0.15, -0.1) is 0 Å². The lowest BCUT2D eigenvalue weighted by molar-refractivity contribution is 0.0697. The third kappa shape index (κ3) is 1.76. The average molecular weight is 216 g/mol. The van der Waals surface area contributed by atoms with Gasteiger partial charge in [0.2, 0.25) is 0 Å². The van der Waals surface area contributed by atoms with Crippen LogP contribution in [-0.4, -0.2) is 11.1 Å². The first kappa shape index (κ1) is 10.3. The number of hydrogen-bond donors (Lipinski definition) is 1. The van der Waals surface area contributed by atoms with Gasteiger partial charge in [0.1, 0.15) is 5.82 Å². The summed E-state index contributed by atoms with van der Waals surface area (Å²) in [6.45, 7) is 0. The van der Waals surface area contributed by atoms with Crippen molar-refractivity contribution in [2.24, 2.45) is 5.11 Å². The van der Waals surface area contributed by atoms with E-state index in [-0.39, 0.29) is 5.02 Å². The van der Waals surface area contributed by atoms with Crippen molar-refractivity contribution in [3.05, 3.63) is 39.0 Å². The van der Waals surface area contributed by atoms with Crippen LogP contribution < -0.4 is 0 Å². The highest BCUT2D eigenvalue weighted by Gasteiger charge is 2.17. The number of hydrogen-bond acceptors (Lipinski definition) is 2. The van der Waals surface area contributed by atoms with Gasteiger partial charge in [-0.2, -0.15) is 0 Å². The number of aromatic carboxylic acids is 1. The third-order valence-electron chi connectivity index (χ3n) is 1.44. The van der Waals surface area contributed by atoms with Gasteiger partial charge in [-0.05, 0) is 17.7 Å². The fourth-order valence-corrected chi connectivity index (χ4v) is 1.12. The second kappa shape index (κ2) is 3.95. The fourth-order valence-electron chi connectivity index (χ4n) is 0.887. The van der Waals surface area contributed by atoms with Gasteiger partial charge in [0, 0.05) is 4.91 Å². The Kier molecular flexibility index (Phi) is 2.91. The predicted octanol–water partition coefficient (Wildman–Crippen LogP) is 3.12. The molecular formula is C7H3ClFN3O2. The number of rotatable bonds is 2. The number of halogens is 2. The molecule has 1 aromatic carbocycles. The van der Waals surface area contributed by atoms with E-state index in [1.54, 1.807) is 0 Å². The third-order valence-corrected chi connectivity index (χ3v) is 1.75. The Morgan fingerprint density at radius 3 is 2.79 bits per heavy atom. The van der Waals surface area contributed by atoms with E-state index in [2.05, 4.69) is 10.0 Å². The first-order valence-corrected chi connectivity index (χ1v) is 3.72. The molecule has 1 N–H and O–H groups in total. The van der Waals surface area contributed by atoms with Crippen molar-refractivity contribution in [2.75, 3.05) is 0 Å². The van der Waals surface area contributed by atoms with Crippen molar-refractivity contribution >= 4 is 23.3 Å². The predicted molar refractivity (Wildman–Crippen MR) is 47.2 cm³/mol. The van der Waals surface area contributed by atoms with E-state index >= 15 is 0 Å². The quantitative estimate of drug-likeness (QED) is 0.467. The number of carboxylic acid groups (broad SMARTS) is 1. The van der Waals surface area contributed by atoms with Crippen LogP contribution in [0, 0.1) is 5.82 Å². The van der Waals surface area contributed by atoms with Crippen LogP contribution in [0.25, 0.3) is 10.4 Å². The van der Waals surface area contributed by atoms with Crippen molar-refractivity contribution < 1.29 is 14.3 Å². The van der Waals surface area contributed by atoms with Crippen molar-refractivity contribution in [2.45, 2.75) is 0 Å². The minimum absolute atomic E-state index is 0.179. The van der Waals surface area contributed by atoms with Gasteiger partial charge in [-0.25, -0.2) is 9.18 Å². The van der Waals surface area contributed by atoms with Crippen LogP contribution in [0.2, 0.25) is 5.02 Å². The second-order valence-electron chi connectivity index (χ2n) is 2.25. The Morgan fingerprint density at radius 1 is 1.64 bits per heavy atom. The maximum atomic E-state index is 13.0. The van der Waals surface area contributed by atoms with Gasteiger partial charge in [-0.1, -0.05) is 16.7 Å². The molecule has 0 bridgehead atoms. The highest BCUT2D eigenvalue weighted by molar-refractivity contribution is 6.34. The molecule has 0 aliphatic heterocycles. The van der Waals surface area contributed by atoms with E-state index in [0.717, 1.165) is 12.1 Å². The Bertz CT molecular complexity index is 416. The molecule has 0 heterocycles. The minimum atomic E-state index is -1.45. The van der Waals surface area contributed by atoms with E-state index in [4.69, 9.17) is 22.2 Å². The zero-order chi connectivity index (χ0) is 10.7. The van der Waals surface area contributed by atoms with Gasteiger partial charge < -0.3 is 5.11 Å². The Morgan fingerprint density at radius 2 is 2.29 bits per heavy atom. The lowest BCUT2D eigenvalue weighted by Gasteiger charge is -2.02. The van der Waals surface area contributed by atoms with Crippen molar-refractivity contribution in [3.63, 3.8) is 0 Å². The molecule has 14 heavy (non-hydrogen) atoms. The number of benzene rings is 1. The first-order valence-electron chi connectivity index (χ1n) is 3.34. The minimum Gasteiger partial charge on any atom is -0.478 e. The highest BCUT2D eigenvalue weighted by Crippen LogP contribution is 2.29. The van der Waals surface area contributed by atoms with Crippen molar-refractivity contribution in [1.82, 2.24) is 0 Å². The molecule has 0 aliphatic carbocycles. The molecule has 0 spiro atoms. The molecule has 0 aromatic heterocycles. The zero-order valence-corrected chi connectivity index (χ0v) is 7.36. The molecule has 0 atom stereocenters. The standard InChI is InChI=1S/C7H3ClFN3O2/c8-3-1-2-4(9)6(11-12-10)5(3)7(13)14/h1-2H,(H,13,14). The van der Waals surface area contributed by atoms with E-state index < -0.39 is 23.0 Å². The lowest BCUT2D eigenvalue weighted by Crippen LogP contribution is -1.99. The summed E-state index contributed by atoms with van der Waals surface area (Å²) in [5, 5.41) is 11.4. The van der Waals surface area contributed by atoms with Gasteiger partial charge in [0.25, 0.3) is 0 Å². The molecule has 0 saturated heterocycles. The monoisotopic (exact) mass is 215 g/mol. The molecule has 7 heteroatoms. The molecule has 0 fully saturated rings. The van der Waals surface area contributed by atoms with Crippen LogP contribution >= 0.6 is 11.6 Å². The highest BCUT2D eigenvalue weighted by atomic mass is 35.5. The SMILES string of the molecule is [N-]=[N+]=Nc1c(F)ccc(Cl)c1C(=O)O. The second-order valence-corrected chi connectivity index (χ2v) is 2.65. The molecule has 0 radical (unpaired) electrons. The van der Waals surface area contributed by atoms with Crippen LogP contribution in [0.5, 0.6) is 0 Å². The van der Waals surface area contributed by atoms with Crippen LogP contribution in [0.4, 0.5) is 10.1 Å².